The van der Waals surface area contributed by atoms with E-state index in [1.54, 1.807) is 47.7 Å². The van der Waals surface area contributed by atoms with Crippen molar-refractivity contribution < 1.29 is 21.6 Å². The molecule has 0 saturated carbocycles. The largest absolute Gasteiger partial charge is 0.345 e. The smallest absolute Gasteiger partial charge is 0.227 e. The Morgan fingerprint density at radius 3 is 1.82 bits per heavy atom. The number of thiazole rings is 1. The Hall–Kier alpha value is -4.97. The first-order chi connectivity index (χ1) is 26.7. The average molecular weight is 822 g/mol. The van der Waals surface area contributed by atoms with E-state index >= 15 is 0 Å². The first-order valence-electron chi connectivity index (χ1n) is 17.2. The van der Waals surface area contributed by atoms with Gasteiger partial charge in [0.25, 0.3) is 0 Å². The number of nitrogens with zero attached hydrogens (tertiary/aromatic N) is 7. The fourth-order valence-corrected chi connectivity index (χ4v) is 10.0. The zero-order chi connectivity index (χ0) is 38.1. The van der Waals surface area contributed by atoms with Crippen LogP contribution in [-0.2, 0) is 34.4 Å². The van der Waals surface area contributed by atoms with Crippen LogP contribution in [0.3, 0.4) is 0 Å². The van der Waals surface area contributed by atoms with Crippen molar-refractivity contribution in [3.05, 3.63) is 112 Å². The molecule has 0 spiro atoms. The number of benzene rings is 3. The molecular formula is C37H31ClF3N9O2S3. The van der Waals surface area contributed by atoms with Crippen LogP contribution >= 0.6 is 22.9 Å². The summed E-state index contributed by atoms with van der Waals surface area (Å²) in [6, 6.07) is 18.5. The van der Waals surface area contributed by atoms with Gasteiger partial charge in [0.15, 0.2) is 16.8 Å². The Bertz CT molecular complexity index is 2430. The Morgan fingerprint density at radius 2 is 1.22 bits per heavy atom. The molecule has 18 heteroatoms. The summed E-state index contributed by atoms with van der Waals surface area (Å²) < 4.78 is 64.7. The van der Waals surface area contributed by atoms with Gasteiger partial charge in [0.2, 0.25) is 11.2 Å². The van der Waals surface area contributed by atoms with Crippen molar-refractivity contribution in [2.24, 2.45) is 0 Å². The van der Waals surface area contributed by atoms with Gasteiger partial charge in [-0.2, -0.15) is 9.97 Å². The van der Waals surface area contributed by atoms with E-state index in [0.717, 1.165) is 35.2 Å². The number of aryl methyl sites for hydroxylation is 2. The maximum absolute atomic E-state index is 13.7. The van der Waals surface area contributed by atoms with Gasteiger partial charge in [-0.25, -0.2) is 28.1 Å². The van der Waals surface area contributed by atoms with Gasteiger partial charge >= 0.3 is 0 Å². The zero-order valence-corrected chi connectivity index (χ0v) is 32.1. The highest BCUT2D eigenvalue weighted by molar-refractivity contribution is 7.85. The van der Waals surface area contributed by atoms with Crippen molar-refractivity contribution in [1.29, 1.82) is 0 Å². The van der Waals surface area contributed by atoms with Crippen LogP contribution in [0.15, 0.2) is 88.0 Å². The molecule has 3 aromatic carbocycles. The maximum atomic E-state index is 13.7. The number of rotatable bonds is 7. The molecule has 1 fully saturated rings. The van der Waals surface area contributed by atoms with E-state index < -0.39 is 21.6 Å². The van der Waals surface area contributed by atoms with Gasteiger partial charge in [0, 0.05) is 72.8 Å². The zero-order valence-electron chi connectivity index (χ0n) is 28.8. The summed E-state index contributed by atoms with van der Waals surface area (Å²) >= 11 is 7.41. The molecule has 3 aliphatic heterocycles. The topological polar surface area (TPSA) is 129 Å². The molecule has 0 aliphatic carbocycles. The second-order valence-electron chi connectivity index (χ2n) is 12.6. The molecule has 0 amide bonds. The summed E-state index contributed by atoms with van der Waals surface area (Å²) in [5.74, 6) is 1.49. The lowest BCUT2D eigenvalue weighted by atomic mass is 10.2. The summed E-state index contributed by atoms with van der Waals surface area (Å²) in [6.45, 7) is 2.89. The summed E-state index contributed by atoms with van der Waals surface area (Å²) in [5.41, 5.74) is 4.28. The molecule has 6 aromatic rings. The molecule has 9 rings (SSSR count). The van der Waals surface area contributed by atoms with Crippen molar-refractivity contribution in [2.45, 2.75) is 22.6 Å². The number of fused-ring (bicyclic) bond motifs is 2. The minimum Gasteiger partial charge on any atom is -0.345 e. The lowest BCUT2D eigenvalue weighted by Gasteiger charge is -2.34. The number of piperazine rings is 1. The van der Waals surface area contributed by atoms with E-state index in [1.165, 1.54) is 36.4 Å². The molecule has 2 atom stereocenters. The predicted molar refractivity (Wildman–Crippen MR) is 210 cm³/mol. The van der Waals surface area contributed by atoms with Crippen molar-refractivity contribution >= 4 is 78.6 Å². The predicted octanol–water partition coefficient (Wildman–Crippen LogP) is 7.29. The van der Waals surface area contributed by atoms with Gasteiger partial charge in [-0.05, 0) is 72.3 Å². The minimum atomic E-state index is -1.18. The third kappa shape index (κ3) is 8.34. The van der Waals surface area contributed by atoms with E-state index in [4.69, 9.17) is 26.6 Å². The van der Waals surface area contributed by atoms with Crippen molar-refractivity contribution in [3.8, 4) is 11.3 Å². The molecular weight excluding hydrogens is 791 g/mol. The first-order valence-corrected chi connectivity index (χ1v) is 21.1. The fourth-order valence-electron chi connectivity index (χ4n) is 6.33. The normalized spacial score (nSPS) is 17.3. The van der Waals surface area contributed by atoms with Gasteiger partial charge in [-0.1, -0.05) is 12.1 Å². The third-order valence-electron chi connectivity index (χ3n) is 8.98. The van der Waals surface area contributed by atoms with Crippen LogP contribution in [0.2, 0.25) is 5.28 Å². The quantitative estimate of drug-likeness (QED) is 0.158. The minimum absolute atomic E-state index is 0.0940. The van der Waals surface area contributed by atoms with Crippen molar-refractivity contribution in [1.82, 2.24) is 24.9 Å². The molecule has 2 N–H and O–H groups in total. The highest BCUT2D eigenvalue weighted by Crippen LogP contribution is 2.34. The molecule has 1 saturated heterocycles. The van der Waals surface area contributed by atoms with Crippen LogP contribution in [-0.4, -0.2) is 71.0 Å². The highest BCUT2D eigenvalue weighted by atomic mass is 35.5. The summed E-state index contributed by atoms with van der Waals surface area (Å²) in [6.07, 6.45) is 1.24. The van der Waals surface area contributed by atoms with E-state index in [1.807, 2.05) is 5.38 Å². The molecule has 0 bridgehead atoms. The lowest BCUT2D eigenvalue weighted by Crippen LogP contribution is -2.47. The van der Waals surface area contributed by atoms with Gasteiger partial charge in [-0.15, -0.1) is 11.3 Å². The Labute approximate surface area is 328 Å². The molecule has 282 valence electrons. The lowest BCUT2D eigenvalue weighted by molar-refractivity contribution is 0.627. The van der Waals surface area contributed by atoms with Crippen LogP contribution in [0.1, 0.15) is 11.4 Å². The van der Waals surface area contributed by atoms with Crippen molar-refractivity contribution in [2.75, 3.05) is 58.1 Å². The molecule has 6 heterocycles. The second-order valence-corrected chi connectivity index (χ2v) is 16.8. The van der Waals surface area contributed by atoms with Crippen LogP contribution in [0.4, 0.5) is 47.3 Å². The molecule has 2 unspecified atom stereocenters. The van der Waals surface area contributed by atoms with Crippen LogP contribution in [0.5, 0.6) is 0 Å². The Kier molecular flexibility index (Phi) is 10.8. The van der Waals surface area contributed by atoms with E-state index in [9.17, 15) is 21.6 Å². The summed E-state index contributed by atoms with van der Waals surface area (Å²) in [7, 11) is -2.32. The number of hydrogen-bond donors (Lipinski definition) is 2. The average Bonchev–Trinajstić information content (AvgIpc) is 3.91. The fraction of sp³-hybridized carbons (Fsp3) is 0.216. The van der Waals surface area contributed by atoms with Crippen LogP contribution < -0.4 is 20.4 Å². The van der Waals surface area contributed by atoms with E-state index in [2.05, 4.69) is 30.4 Å². The maximum Gasteiger partial charge on any atom is 0.227 e. The van der Waals surface area contributed by atoms with Crippen LogP contribution in [0, 0.1) is 17.5 Å². The number of hydrogen-bond acceptors (Lipinski definition) is 12. The third-order valence-corrected chi connectivity index (χ3v) is 13.0. The number of anilines is 6. The SMILES string of the molecule is O=S1CCc2nc(Cl)nc(Nc3cccc(F)c3)c21.O=S1CCc2nc(N3CCN(c4nc(-c5ccc(F)cc5)cs4)CC3)nc(Nc3cccc(F)c3)c21. The van der Waals surface area contributed by atoms with Gasteiger partial charge in [-0.3, -0.25) is 8.42 Å². The number of halogens is 4. The molecule has 11 nitrogen and oxygen atoms in total. The molecule has 3 aliphatic rings. The van der Waals surface area contributed by atoms with Crippen molar-refractivity contribution in [3.63, 3.8) is 0 Å². The van der Waals surface area contributed by atoms with Gasteiger partial charge in [0.1, 0.15) is 27.2 Å². The Morgan fingerprint density at radius 1 is 0.655 bits per heavy atom. The first kappa shape index (κ1) is 37.0. The summed E-state index contributed by atoms with van der Waals surface area (Å²) in [4.78, 5) is 27.8. The second kappa shape index (κ2) is 16.0. The van der Waals surface area contributed by atoms with Crippen LogP contribution in [0.25, 0.3) is 11.3 Å². The number of aromatic nitrogens is 5. The van der Waals surface area contributed by atoms with E-state index in [-0.39, 0.29) is 22.7 Å². The summed E-state index contributed by atoms with van der Waals surface area (Å²) in [5, 5.41) is 9.11. The highest BCUT2D eigenvalue weighted by Gasteiger charge is 2.29. The van der Waals surface area contributed by atoms with Gasteiger partial charge < -0.3 is 20.4 Å². The Balaban J connectivity index is 0.000000189. The standard InChI is InChI=1S/C25H22F2N6OS2.C12H9ClFN3OS/c26-17-6-4-16(5-7-17)21-15-35-25(30-21)33-11-9-32(10-12-33)24-29-20-8-13-36(34)22(20)23(31-24)28-19-3-1-2-18(27)14-19;13-12-16-9-4-5-19(18)10(9)11(17-12)15-8-3-1-2-7(14)6-8/h1-7,14-15H,8-13H2,(H,28,29,31);1-3,6H,4-5H2,(H,15,16,17). The van der Waals surface area contributed by atoms with E-state index in [0.29, 0.717) is 81.9 Å². The molecule has 3 aromatic heterocycles. The molecule has 55 heavy (non-hydrogen) atoms. The number of nitrogens with one attached hydrogen (secondary N) is 2. The molecule has 0 radical (unpaired) electrons. The monoisotopic (exact) mass is 821 g/mol. The van der Waals surface area contributed by atoms with Gasteiger partial charge in [0.05, 0.1) is 38.7 Å².